The molecule has 0 unspecified atom stereocenters. The standard InChI is InChI=1S/C15H22ClNO4S/c1-2-3-7-10-17(11-12-22(16,19)20)15(18)21-13-14-8-5-4-6-9-14/h4-6,8-9H,2-3,7,10-13H2,1H3. The average Bonchev–Trinajstić information content (AvgIpc) is 2.48. The van der Waals surface area contributed by atoms with E-state index in [1.54, 1.807) is 0 Å². The smallest absolute Gasteiger partial charge is 0.410 e. The minimum Gasteiger partial charge on any atom is -0.445 e. The van der Waals surface area contributed by atoms with Gasteiger partial charge in [0.2, 0.25) is 9.05 Å². The first kappa shape index (κ1) is 18.8. The molecule has 22 heavy (non-hydrogen) atoms. The summed E-state index contributed by atoms with van der Waals surface area (Å²) in [5.41, 5.74) is 0.884. The zero-order valence-corrected chi connectivity index (χ0v) is 14.3. The molecule has 0 saturated heterocycles. The van der Waals surface area contributed by atoms with Gasteiger partial charge in [-0.1, -0.05) is 50.1 Å². The third-order valence-electron chi connectivity index (χ3n) is 3.10. The van der Waals surface area contributed by atoms with Gasteiger partial charge in [-0.15, -0.1) is 0 Å². The SMILES string of the molecule is CCCCCN(CCS(=O)(=O)Cl)C(=O)OCc1ccccc1. The molecule has 0 atom stereocenters. The topological polar surface area (TPSA) is 63.7 Å². The molecule has 0 aromatic heterocycles. The van der Waals surface area contributed by atoms with Crippen LogP contribution in [0.5, 0.6) is 0 Å². The van der Waals surface area contributed by atoms with Gasteiger partial charge in [0, 0.05) is 23.8 Å². The molecule has 0 aliphatic carbocycles. The van der Waals surface area contributed by atoms with E-state index in [1.807, 2.05) is 30.3 Å². The number of carbonyl (C=O) groups is 1. The molecule has 5 nitrogen and oxygen atoms in total. The first-order valence-corrected chi connectivity index (χ1v) is 9.78. The highest BCUT2D eigenvalue weighted by Crippen LogP contribution is 2.07. The van der Waals surface area contributed by atoms with Gasteiger partial charge in [0.1, 0.15) is 6.61 Å². The fourth-order valence-corrected chi connectivity index (χ4v) is 2.52. The largest absolute Gasteiger partial charge is 0.445 e. The van der Waals surface area contributed by atoms with Gasteiger partial charge in [0.25, 0.3) is 0 Å². The minimum atomic E-state index is -3.63. The van der Waals surface area contributed by atoms with E-state index in [2.05, 4.69) is 6.92 Å². The second kappa shape index (κ2) is 9.69. The van der Waals surface area contributed by atoms with Crippen molar-refractivity contribution >= 4 is 25.8 Å². The summed E-state index contributed by atoms with van der Waals surface area (Å²) in [6.45, 7) is 2.73. The van der Waals surface area contributed by atoms with Crippen molar-refractivity contribution in [3.05, 3.63) is 35.9 Å². The molecule has 0 spiro atoms. The molecule has 0 radical (unpaired) electrons. The lowest BCUT2D eigenvalue weighted by Crippen LogP contribution is -2.35. The number of hydrogen-bond donors (Lipinski definition) is 0. The molecule has 1 aromatic rings. The number of rotatable bonds is 9. The predicted molar refractivity (Wildman–Crippen MR) is 87.4 cm³/mol. The Kier molecular flexibility index (Phi) is 8.27. The Balaban J connectivity index is 2.53. The molecule has 1 rings (SSSR count). The average molecular weight is 348 g/mol. The Morgan fingerprint density at radius 2 is 1.86 bits per heavy atom. The lowest BCUT2D eigenvalue weighted by atomic mass is 10.2. The number of unbranched alkanes of at least 4 members (excludes halogenated alkanes) is 2. The predicted octanol–water partition coefficient (Wildman–Crippen LogP) is 3.38. The molecular weight excluding hydrogens is 326 g/mol. The quantitative estimate of drug-likeness (QED) is 0.507. The summed E-state index contributed by atoms with van der Waals surface area (Å²) in [6.07, 6.45) is 2.27. The summed E-state index contributed by atoms with van der Waals surface area (Å²) in [7, 11) is 1.58. The summed E-state index contributed by atoms with van der Waals surface area (Å²) in [5.74, 6) is -0.277. The zero-order valence-electron chi connectivity index (χ0n) is 12.7. The third-order valence-corrected chi connectivity index (χ3v) is 4.23. The van der Waals surface area contributed by atoms with Crippen LogP contribution >= 0.6 is 10.7 Å². The van der Waals surface area contributed by atoms with Gasteiger partial charge in [-0.2, -0.15) is 0 Å². The lowest BCUT2D eigenvalue weighted by Gasteiger charge is -2.21. The molecule has 0 bridgehead atoms. The number of benzene rings is 1. The maximum Gasteiger partial charge on any atom is 0.410 e. The number of carbonyl (C=O) groups excluding carboxylic acids is 1. The Morgan fingerprint density at radius 3 is 2.45 bits per heavy atom. The Bertz CT molecular complexity index is 548. The van der Waals surface area contributed by atoms with Gasteiger partial charge < -0.3 is 9.64 Å². The van der Waals surface area contributed by atoms with Crippen molar-refractivity contribution in [2.24, 2.45) is 0 Å². The second-order valence-corrected chi connectivity index (χ2v) is 7.87. The highest BCUT2D eigenvalue weighted by Gasteiger charge is 2.17. The highest BCUT2D eigenvalue weighted by atomic mass is 35.7. The fourth-order valence-electron chi connectivity index (χ4n) is 1.88. The van der Waals surface area contributed by atoms with Gasteiger partial charge in [0.05, 0.1) is 5.75 Å². The maximum atomic E-state index is 12.1. The van der Waals surface area contributed by atoms with E-state index in [4.69, 9.17) is 15.4 Å². The fraction of sp³-hybridized carbons (Fsp3) is 0.533. The van der Waals surface area contributed by atoms with Gasteiger partial charge in [-0.3, -0.25) is 0 Å². The van der Waals surface area contributed by atoms with E-state index in [1.165, 1.54) is 4.90 Å². The first-order chi connectivity index (χ1) is 10.4. The van der Waals surface area contributed by atoms with E-state index >= 15 is 0 Å². The molecule has 0 fully saturated rings. The number of ether oxygens (including phenoxy) is 1. The molecule has 1 amide bonds. The molecule has 7 heteroatoms. The summed E-state index contributed by atoms with van der Waals surface area (Å²) < 4.78 is 27.3. The highest BCUT2D eigenvalue weighted by molar-refractivity contribution is 8.13. The van der Waals surface area contributed by atoms with Crippen LogP contribution in [0.3, 0.4) is 0 Å². The van der Waals surface area contributed by atoms with Gasteiger partial charge >= 0.3 is 6.09 Å². The Labute approximate surface area is 136 Å². The van der Waals surface area contributed by atoms with Crippen molar-refractivity contribution in [3.8, 4) is 0 Å². The van der Waals surface area contributed by atoms with Crippen molar-refractivity contribution in [1.29, 1.82) is 0 Å². The van der Waals surface area contributed by atoms with Crippen LogP contribution in [0, 0.1) is 0 Å². The maximum absolute atomic E-state index is 12.1. The van der Waals surface area contributed by atoms with Crippen molar-refractivity contribution < 1.29 is 17.9 Å². The summed E-state index contributed by atoms with van der Waals surface area (Å²) in [5, 5.41) is 0. The molecule has 0 N–H and O–H groups in total. The number of nitrogens with zero attached hydrogens (tertiary/aromatic N) is 1. The Hall–Kier alpha value is -1.27. The second-order valence-electron chi connectivity index (χ2n) is 4.98. The Morgan fingerprint density at radius 1 is 1.18 bits per heavy atom. The van der Waals surface area contributed by atoms with Crippen LogP contribution in [0.15, 0.2) is 30.3 Å². The summed E-state index contributed by atoms with van der Waals surface area (Å²) >= 11 is 0. The van der Waals surface area contributed by atoms with Gasteiger partial charge in [0.15, 0.2) is 0 Å². The number of halogens is 1. The lowest BCUT2D eigenvalue weighted by molar-refractivity contribution is 0.0976. The monoisotopic (exact) mass is 347 g/mol. The molecule has 0 aliphatic heterocycles. The van der Waals surface area contributed by atoms with Crippen molar-refractivity contribution in [2.75, 3.05) is 18.8 Å². The van der Waals surface area contributed by atoms with Crippen LogP contribution in [-0.4, -0.2) is 38.3 Å². The van der Waals surface area contributed by atoms with Crippen LogP contribution in [-0.2, 0) is 20.4 Å². The van der Waals surface area contributed by atoms with Crippen LogP contribution in [0.25, 0.3) is 0 Å². The molecule has 124 valence electrons. The minimum absolute atomic E-state index is 0.0448. The van der Waals surface area contributed by atoms with Crippen LogP contribution in [0.1, 0.15) is 31.7 Å². The zero-order chi connectivity index (χ0) is 16.4. The summed E-state index contributed by atoms with van der Waals surface area (Å²) in [6, 6.07) is 9.33. The molecule has 1 aromatic carbocycles. The van der Waals surface area contributed by atoms with E-state index in [0.29, 0.717) is 6.54 Å². The van der Waals surface area contributed by atoms with E-state index in [9.17, 15) is 13.2 Å². The van der Waals surface area contributed by atoms with Crippen LogP contribution < -0.4 is 0 Å². The normalized spacial score (nSPS) is 11.2. The van der Waals surface area contributed by atoms with Crippen molar-refractivity contribution in [3.63, 3.8) is 0 Å². The third kappa shape index (κ3) is 8.24. The van der Waals surface area contributed by atoms with E-state index < -0.39 is 15.1 Å². The first-order valence-electron chi connectivity index (χ1n) is 7.30. The van der Waals surface area contributed by atoms with Gasteiger partial charge in [-0.25, -0.2) is 13.2 Å². The summed E-state index contributed by atoms with van der Waals surface area (Å²) in [4.78, 5) is 13.5. The molecule has 0 heterocycles. The van der Waals surface area contributed by atoms with Crippen molar-refractivity contribution in [2.45, 2.75) is 32.8 Å². The van der Waals surface area contributed by atoms with Crippen LogP contribution in [0.2, 0.25) is 0 Å². The van der Waals surface area contributed by atoms with Crippen LogP contribution in [0.4, 0.5) is 4.79 Å². The van der Waals surface area contributed by atoms with E-state index in [-0.39, 0.29) is 18.9 Å². The van der Waals surface area contributed by atoms with E-state index in [0.717, 1.165) is 24.8 Å². The van der Waals surface area contributed by atoms with Crippen molar-refractivity contribution in [1.82, 2.24) is 4.90 Å². The molecular formula is C15H22ClNO4S. The van der Waals surface area contributed by atoms with Gasteiger partial charge in [-0.05, 0) is 12.0 Å². The number of hydrogen-bond acceptors (Lipinski definition) is 4. The molecule has 0 saturated carbocycles. The number of amides is 1. The molecule has 0 aliphatic rings.